The summed E-state index contributed by atoms with van der Waals surface area (Å²) in [6.07, 6.45) is 2.08. The lowest BCUT2D eigenvalue weighted by molar-refractivity contribution is 0.668. The first-order chi connectivity index (χ1) is 34.6. The van der Waals surface area contributed by atoms with E-state index in [0.29, 0.717) is 0 Å². The van der Waals surface area contributed by atoms with Crippen LogP contribution >= 0.6 is 0 Å². The van der Waals surface area contributed by atoms with Crippen LogP contribution in [0, 0.1) is 0 Å². The van der Waals surface area contributed by atoms with Crippen molar-refractivity contribution in [3.05, 3.63) is 266 Å². The van der Waals surface area contributed by atoms with E-state index in [0.717, 1.165) is 89.1 Å². The van der Waals surface area contributed by atoms with Crippen molar-refractivity contribution in [3.63, 3.8) is 0 Å². The Labute approximate surface area is 405 Å². The van der Waals surface area contributed by atoms with Crippen LogP contribution in [-0.4, -0.2) is 14.8 Å². The van der Waals surface area contributed by atoms with Gasteiger partial charge in [0.25, 0.3) is 0 Å². The Hall–Kier alpha value is -9.25. The fourth-order valence-corrected chi connectivity index (χ4v) is 10.5. The first kappa shape index (κ1) is 41.0. The lowest BCUT2D eigenvalue weighted by Gasteiger charge is -2.09. The first-order valence-electron chi connectivity index (χ1n) is 23.8. The van der Waals surface area contributed by atoms with Gasteiger partial charge in [-0.25, -0.2) is 0 Å². The van der Waals surface area contributed by atoms with Crippen molar-refractivity contribution in [2.45, 2.75) is 6.92 Å². The summed E-state index contributed by atoms with van der Waals surface area (Å²) in [5.41, 5.74) is 18.6. The van der Waals surface area contributed by atoms with Crippen molar-refractivity contribution in [2.75, 3.05) is 0 Å². The van der Waals surface area contributed by atoms with Gasteiger partial charge in [-0.15, -0.1) is 0 Å². The normalized spacial score (nSPS) is 12.3. The van der Waals surface area contributed by atoms with Crippen molar-refractivity contribution in [3.8, 4) is 33.6 Å². The van der Waals surface area contributed by atoms with Crippen LogP contribution < -0.4 is 0 Å². The van der Waals surface area contributed by atoms with Crippen LogP contribution in [0.1, 0.15) is 23.6 Å². The van der Waals surface area contributed by atoms with Crippen LogP contribution in [0.5, 0.6) is 0 Å². The van der Waals surface area contributed by atoms with Gasteiger partial charge in [0.05, 0.1) is 27.8 Å². The van der Waals surface area contributed by atoms with E-state index in [2.05, 4.69) is 229 Å². The monoisotopic (exact) mass is 895 g/mol. The zero-order chi connectivity index (χ0) is 46.7. The molecule has 13 aromatic rings. The standard InChI is InChI=1S/C66H45N3O/c1-43(45-19-7-3-8-20-45)39-60(67-44(2)46-21-9-4-10-22-46)56-31-18-30-55-54-29-17-28-52(65(54)70-66(55)56)49-35-38-64-59(42-49)58-41-48(34-37-63(58)69(64)51-25-13-6-14-26-51)47-33-36-62-57(40-47)53-27-15-16-32-61(53)68(62)50-23-11-5-12-24-50/h3-42H,1H2,2H3/b60-39-,67-44+. The summed E-state index contributed by atoms with van der Waals surface area (Å²) in [5.74, 6) is 0. The Bertz CT molecular complexity index is 4230. The predicted molar refractivity (Wildman–Crippen MR) is 295 cm³/mol. The van der Waals surface area contributed by atoms with Crippen LogP contribution in [0.25, 0.3) is 110 Å². The topological polar surface area (TPSA) is 35.4 Å². The predicted octanol–water partition coefficient (Wildman–Crippen LogP) is 17.7. The molecule has 0 unspecified atom stereocenters. The zero-order valence-electron chi connectivity index (χ0n) is 38.6. The van der Waals surface area contributed by atoms with Gasteiger partial charge in [0.2, 0.25) is 0 Å². The van der Waals surface area contributed by atoms with Crippen molar-refractivity contribution < 1.29 is 4.42 Å². The highest BCUT2D eigenvalue weighted by atomic mass is 16.3. The summed E-state index contributed by atoms with van der Waals surface area (Å²) in [6, 6.07) is 84.2. The molecule has 0 atom stereocenters. The highest BCUT2D eigenvalue weighted by molar-refractivity contribution is 6.16. The van der Waals surface area contributed by atoms with Gasteiger partial charge in [0.15, 0.2) is 0 Å². The van der Waals surface area contributed by atoms with Crippen LogP contribution in [0.15, 0.2) is 259 Å². The number of benzene rings is 10. The average Bonchev–Trinajstić information content (AvgIpc) is 4.09. The Kier molecular flexibility index (Phi) is 9.84. The fourth-order valence-electron chi connectivity index (χ4n) is 10.5. The summed E-state index contributed by atoms with van der Waals surface area (Å²) in [4.78, 5) is 5.30. The van der Waals surface area contributed by atoms with Crippen molar-refractivity contribution in [1.29, 1.82) is 0 Å². The molecular formula is C66H45N3O. The van der Waals surface area contributed by atoms with Crippen LogP contribution in [0.3, 0.4) is 0 Å². The number of hydrogen-bond acceptors (Lipinski definition) is 2. The number of para-hydroxylation sites is 5. The summed E-state index contributed by atoms with van der Waals surface area (Å²) in [7, 11) is 0. The minimum absolute atomic E-state index is 0.786. The Morgan fingerprint density at radius 1 is 0.414 bits per heavy atom. The van der Waals surface area contributed by atoms with Gasteiger partial charge >= 0.3 is 0 Å². The Balaban J connectivity index is 0.977. The molecule has 3 aromatic heterocycles. The van der Waals surface area contributed by atoms with Gasteiger partial charge in [0.1, 0.15) is 11.2 Å². The van der Waals surface area contributed by atoms with Gasteiger partial charge in [-0.05, 0) is 119 Å². The fraction of sp³-hybridized carbons (Fsp3) is 0.0152. The second kappa shape index (κ2) is 16.8. The molecular weight excluding hydrogens is 851 g/mol. The van der Waals surface area contributed by atoms with Crippen LogP contribution in [-0.2, 0) is 0 Å². The molecule has 0 aliphatic heterocycles. The van der Waals surface area contributed by atoms with E-state index in [4.69, 9.17) is 9.41 Å². The smallest absolute Gasteiger partial charge is 0.144 e. The van der Waals surface area contributed by atoms with Crippen LogP contribution in [0.4, 0.5) is 0 Å². The summed E-state index contributed by atoms with van der Waals surface area (Å²) >= 11 is 0. The quantitative estimate of drug-likeness (QED) is 0.105. The first-order valence-corrected chi connectivity index (χ1v) is 23.8. The largest absolute Gasteiger partial charge is 0.455 e. The second-order valence-corrected chi connectivity index (χ2v) is 18.0. The van der Waals surface area contributed by atoms with Gasteiger partial charge < -0.3 is 13.6 Å². The van der Waals surface area contributed by atoms with E-state index in [1.165, 1.54) is 43.7 Å². The minimum Gasteiger partial charge on any atom is -0.455 e. The van der Waals surface area contributed by atoms with Gasteiger partial charge in [-0.1, -0.05) is 170 Å². The highest BCUT2D eigenvalue weighted by Crippen LogP contribution is 2.43. The van der Waals surface area contributed by atoms with Crippen molar-refractivity contribution >= 4 is 82.5 Å². The van der Waals surface area contributed by atoms with E-state index < -0.39 is 0 Å². The second-order valence-electron chi connectivity index (χ2n) is 18.0. The number of rotatable bonds is 9. The molecule has 0 amide bonds. The van der Waals surface area contributed by atoms with E-state index in [9.17, 15) is 0 Å². The zero-order valence-corrected chi connectivity index (χ0v) is 38.6. The summed E-state index contributed by atoms with van der Waals surface area (Å²) in [5, 5.41) is 6.91. The number of aromatic nitrogens is 2. The molecule has 4 heteroatoms. The molecule has 0 aliphatic carbocycles. The number of aliphatic imine (C=N–C) groups is 1. The van der Waals surface area contributed by atoms with E-state index in [1.807, 2.05) is 36.4 Å². The third-order valence-electron chi connectivity index (χ3n) is 13.8. The number of hydrogen-bond donors (Lipinski definition) is 0. The summed E-state index contributed by atoms with van der Waals surface area (Å²) in [6.45, 7) is 6.55. The van der Waals surface area contributed by atoms with Gasteiger partial charge in [-0.3, -0.25) is 4.99 Å². The number of allylic oxidation sites excluding steroid dienone is 2. The molecule has 3 heterocycles. The molecule has 0 fully saturated rings. The maximum absolute atomic E-state index is 7.12. The molecule has 0 saturated heterocycles. The third kappa shape index (κ3) is 6.88. The molecule has 0 bridgehead atoms. The number of furan rings is 1. The molecule has 0 spiro atoms. The molecule has 70 heavy (non-hydrogen) atoms. The van der Waals surface area contributed by atoms with Crippen LogP contribution in [0.2, 0.25) is 0 Å². The molecule has 330 valence electrons. The molecule has 0 radical (unpaired) electrons. The average molecular weight is 896 g/mol. The molecule has 10 aromatic carbocycles. The molecule has 4 nitrogen and oxygen atoms in total. The summed E-state index contributed by atoms with van der Waals surface area (Å²) < 4.78 is 11.9. The Morgan fingerprint density at radius 2 is 0.871 bits per heavy atom. The highest BCUT2D eigenvalue weighted by Gasteiger charge is 2.20. The minimum atomic E-state index is 0.786. The van der Waals surface area contributed by atoms with Gasteiger partial charge in [-0.2, -0.15) is 0 Å². The van der Waals surface area contributed by atoms with E-state index in [1.54, 1.807) is 0 Å². The lowest BCUT2D eigenvalue weighted by atomic mass is 9.98. The molecule has 0 aliphatic rings. The molecule has 0 saturated carbocycles. The van der Waals surface area contributed by atoms with E-state index in [-0.39, 0.29) is 0 Å². The molecule has 13 rings (SSSR count). The van der Waals surface area contributed by atoms with Gasteiger partial charge in [0, 0.05) is 60.5 Å². The maximum atomic E-state index is 7.12. The number of fused-ring (bicyclic) bond motifs is 9. The maximum Gasteiger partial charge on any atom is 0.144 e. The SMILES string of the molecule is C=C(/C=C(\N=C(/C)c1ccccc1)c1cccc2c1oc1c(-c3ccc4c(c3)c3cc(-c5ccc6c(c5)c5ccccc5n6-c5ccccc5)ccc3n4-c3ccccc3)cccc12)c1ccccc1. The van der Waals surface area contributed by atoms with Crippen molar-refractivity contribution in [1.82, 2.24) is 9.13 Å². The van der Waals surface area contributed by atoms with E-state index >= 15 is 0 Å². The lowest BCUT2D eigenvalue weighted by Crippen LogP contribution is -1.96. The third-order valence-corrected chi connectivity index (χ3v) is 13.8. The number of nitrogens with zero attached hydrogens (tertiary/aromatic N) is 3. The van der Waals surface area contributed by atoms with Crippen molar-refractivity contribution in [2.24, 2.45) is 4.99 Å². The molecule has 0 N–H and O–H groups in total. The Morgan fingerprint density at radius 3 is 1.49 bits per heavy atom.